The van der Waals surface area contributed by atoms with Crippen LogP contribution < -0.4 is 15.4 Å². The van der Waals surface area contributed by atoms with Crippen LogP contribution in [-0.2, 0) is 9.59 Å². The van der Waals surface area contributed by atoms with E-state index < -0.39 is 23.7 Å². The number of nitrogens with one attached hydrogen (secondary N) is 2. The van der Waals surface area contributed by atoms with Gasteiger partial charge in [0.1, 0.15) is 11.6 Å². The van der Waals surface area contributed by atoms with Gasteiger partial charge in [-0.3, -0.25) is 9.59 Å². The lowest BCUT2D eigenvalue weighted by Crippen LogP contribution is -2.45. The summed E-state index contributed by atoms with van der Waals surface area (Å²) in [6.07, 6.45) is -1.40. The molecule has 0 fully saturated rings. The van der Waals surface area contributed by atoms with Gasteiger partial charge in [-0.1, -0.05) is 17.7 Å². The lowest BCUT2D eigenvalue weighted by molar-refractivity contribution is -0.133. The first-order valence-corrected chi connectivity index (χ1v) is 7.16. The Morgan fingerprint density at radius 3 is 2.83 bits per heavy atom. The molecule has 0 saturated heterocycles. The van der Waals surface area contributed by atoms with Crippen LogP contribution in [0.2, 0.25) is 5.02 Å². The fraction of sp³-hybridized carbons (Fsp3) is 0.125. The number of ether oxygens (including phenoxy) is 1. The molecule has 1 heterocycles. The molecule has 1 unspecified atom stereocenters. The summed E-state index contributed by atoms with van der Waals surface area (Å²) < 4.78 is 19.1. The predicted molar refractivity (Wildman–Crippen MR) is 84.3 cm³/mol. The minimum absolute atomic E-state index is 0.0782. The molecule has 1 aliphatic rings. The van der Waals surface area contributed by atoms with Crippen molar-refractivity contribution in [3.05, 3.63) is 52.8 Å². The fourth-order valence-electron chi connectivity index (χ4n) is 2.18. The molecule has 1 aliphatic heterocycles. The van der Waals surface area contributed by atoms with Crippen molar-refractivity contribution in [3.8, 4) is 5.75 Å². The molecule has 0 aliphatic carbocycles. The summed E-state index contributed by atoms with van der Waals surface area (Å²) in [6.45, 7) is 1.87. The van der Waals surface area contributed by atoms with E-state index in [-0.39, 0.29) is 10.7 Å². The summed E-state index contributed by atoms with van der Waals surface area (Å²) in [5.41, 5.74) is 1.36. The highest BCUT2D eigenvalue weighted by Crippen LogP contribution is 2.30. The van der Waals surface area contributed by atoms with Crippen molar-refractivity contribution in [1.29, 1.82) is 0 Å². The van der Waals surface area contributed by atoms with E-state index >= 15 is 0 Å². The first kappa shape index (κ1) is 15.3. The van der Waals surface area contributed by atoms with Gasteiger partial charge in [-0.05, 0) is 42.8 Å². The Bertz CT molecular complexity index is 810. The van der Waals surface area contributed by atoms with E-state index in [1.807, 2.05) is 6.92 Å². The Kier molecular flexibility index (Phi) is 3.92. The number of fused-ring (bicyclic) bond motifs is 1. The van der Waals surface area contributed by atoms with E-state index in [0.717, 1.165) is 11.6 Å². The normalized spacial score (nSPS) is 16.1. The summed E-state index contributed by atoms with van der Waals surface area (Å²) in [6, 6.07) is 9.00. The highest BCUT2D eigenvalue weighted by molar-refractivity contribution is 6.30. The molecule has 0 radical (unpaired) electrons. The van der Waals surface area contributed by atoms with Crippen LogP contribution in [0, 0.1) is 12.7 Å². The second-order valence-corrected chi connectivity index (χ2v) is 5.54. The van der Waals surface area contributed by atoms with Crippen LogP contribution in [0.5, 0.6) is 5.75 Å². The average Bonchev–Trinajstić information content (AvgIpc) is 2.49. The molecule has 2 aromatic carbocycles. The third kappa shape index (κ3) is 3.12. The van der Waals surface area contributed by atoms with Crippen LogP contribution in [0.4, 0.5) is 15.8 Å². The quantitative estimate of drug-likeness (QED) is 0.829. The van der Waals surface area contributed by atoms with Crippen LogP contribution >= 0.6 is 11.6 Å². The highest BCUT2D eigenvalue weighted by Gasteiger charge is 2.34. The van der Waals surface area contributed by atoms with E-state index in [4.69, 9.17) is 16.3 Å². The number of carbonyl (C=O) groups is 2. The molecule has 23 heavy (non-hydrogen) atoms. The Morgan fingerprint density at radius 2 is 2.09 bits per heavy atom. The number of amides is 2. The van der Waals surface area contributed by atoms with Gasteiger partial charge in [-0.15, -0.1) is 0 Å². The van der Waals surface area contributed by atoms with Crippen LogP contribution in [-0.4, -0.2) is 17.9 Å². The Morgan fingerprint density at radius 1 is 1.30 bits per heavy atom. The van der Waals surface area contributed by atoms with Gasteiger partial charge < -0.3 is 15.4 Å². The molecule has 118 valence electrons. The number of anilines is 2. The van der Waals surface area contributed by atoms with Gasteiger partial charge in [0.15, 0.2) is 0 Å². The molecule has 3 rings (SSSR count). The van der Waals surface area contributed by atoms with Crippen molar-refractivity contribution in [2.24, 2.45) is 0 Å². The van der Waals surface area contributed by atoms with Crippen LogP contribution in [0.25, 0.3) is 0 Å². The monoisotopic (exact) mass is 334 g/mol. The first-order valence-electron chi connectivity index (χ1n) is 6.78. The number of hydrogen-bond donors (Lipinski definition) is 2. The molecule has 2 amide bonds. The Labute approximate surface area is 136 Å². The largest absolute Gasteiger partial charge is 0.468 e. The molecule has 0 aromatic heterocycles. The van der Waals surface area contributed by atoms with E-state index in [9.17, 15) is 14.0 Å². The Hall–Kier alpha value is -2.60. The molecule has 0 saturated carbocycles. The maximum atomic E-state index is 13.7. The van der Waals surface area contributed by atoms with Gasteiger partial charge in [0.2, 0.25) is 0 Å². The number of aryl methyl sites for hydroxylation is 1. The lowest BCUT2D eigenvalue weighted by atomic mass is 10.1. The minimum atomic E-state index is -1.40. The summed E-state index contributed by atoms with van der Waals surface area (Å²) in [5.74, 6) is -1.70. The van der Waals surface area contributed by atoms with Gasteiger partial charge in [0.05, 0.1) is 11.4 Å². The number of carbonyl (C=O) groups excluding carboxylic acids is 2. The zero-order valence-electron chi connectivity index (χ0n) is 12.0. The second kappa shape index (κ2) is 5.89. The number of benzene rings is 2. The molecule has 2 N–H and O–H groups in total. The van der Waals surface area contributed by atoms with Crippen molar-refractivity contribution in [3.63, 3.8) is 0 Å². The van der Waals surface area contributed by atoms with E-state index in [1.54, 1.807) is 18.2 Å². The summed E-state index contributed by atoms with van der Waals surface area (Å²) >= 11 is 5.65. The van der Waals surface area contributed by atoms with Crippen molar-refractivity contribution < 1.29 is 18.7 Å². The van der Waals surface area contributed by atoms with Gasteiger partial charge in [0, 0.05) is 5.02 Å². The zero-order chi connectivity index (χ0) is 16.6. The van der Waals surface area contributed by atoms with E-state index in [0.29, 0.717) is 11.4 Å². The minimum Gasteiger partial charge on any atom is -0.468 e. The van der Waals surface area contributed by atoms with Gasteiger partial charge in [0.25, 0.3) is 17.9 Å². The SMILES string of the molecule is Cc1ccc2c(c1)NC(=O)C(C(=O)Nc1ccc(Cl)cc1F)O2. The number of halogens is 2. The molecule has 1 atom stereocenters. The van der Waals surface area contributed by atoms with Crippen molar-refractivity contribution in [1.82, 2.24) is 0 Å². The maximum Gasteiger partial charge on any atom is 0.275 e. The number of rotatable bonds is 2. The topological polar surface area (TPSA) is 67.4 Å². The average molecular weight is 335 g/mol. The molecular weight excluding hydrogens is 323 g/mol. The summed E-state index contributed by atoms with van der Waals surface area (Å²) in [7, 11) is 0. The molecular formula is C16H12ClFN2O3. The van der Waals surface area contributed by atoms with Gasteiger partial charge >= 0.3 is 0 Å². The highest BCUT2D eigenvalue weighted by atomic mass is 35.5. The van der Waals surface area contributed by atoms with Crippen molar-refractivity contribution in [2.75, 3.05) is 10.6 Å². The zero-order valence-corrected chi connectivity index (χ0v) is 12.8. The Balaban J connectivity index is 1.80. The number of hydrogen-bond acceptors (Lipinski definition) is 3. The van der Waals surface area contributed by atoms with E-state index in [2.05, 4.69) is 10.6 Å². The predicted octanol–water partition coefficient (Wildman–Crippen LogP) is 3.13. The smallest absolute Gasteiger partial charge is 0.275 e. The van der Waals surface area contributed by atoms with Gasteiger partial charge in [-0.2, -0.15) is 0 Å². The molecule has 2 aromatic rings. The van der Waals surface area contributed by atoms with E-state index in [1.165, 1.54) is 12.1 Å². The van der Waals surface area contributed by atoms with Crippen LogP contribution in [0.3, 0.4) is 0 Å². The van der Waals surface area contributed by atoms with Crippen LogP contribution in [0.1, 0.15) is 5.56 Å². The standard InChI is InChI=1S/C16H12ClFN2O3/c1-8-2-5-13-12(6-8)20-16(22)14(23-13)15(21)19-11-4-3-9(17)7-10(11)18/h2-7,14H,1H3,(H,19,21)(H,20,22). The van der Waals surface area contributed by atoms with Crippen LogP contribution in [0.15, 0.2) is 36.4 Å². The molecule has 7 heteroatoms. The molecule has 0 spiro atoms. The molecule has 0 bridgehead atoms. The second-order valence-electron chi connectivity index (χ2n) is 5.10. The first-order chi connectivity index (χ1) is 10.9. The summed E-state index contributed by atoms with van der Waals surface area (Å²) in [4.78, 5) is 24.2. The third-order valence-electron chi connectivity index (χ3n) is 3.30. The van der Waals surface area contributed by atoms with Crippen molar-refractivity contribution in [2.45, 2.75) is 13.0 Å². The van der Waals surface area contributed by atoms with Gasteiger partial charge in [-0.25, -0.2) is 4.39 Å². The fourth-order valence-corrected chi connectivity index (χ4v) is 2.34. The lowest BCUT2D eigenvalue weighted by Gasteiger charge is -2.25. The maximum absolute atomic E-state index is 13.7. The van der Waals surface area contributed by atoms with Crippen molar-refractivity contribution >= 4 is 34.8 Å². The summed E-state index contributed by atoms with van der Waals surface area (Å²) in [5, 5.41) is 5.13. The molecule has 5 nitrogen and oxygen atoms in total. The third-order valence-corrected chi connectivity index (χ3v) is 3.54.